The Morgan fingerprint density at radius 2 is 2.00 bits per heavy atom. The molecule has 3 heteroatoms. The first kappa shape index (κ1) is 14.9. The van der Waals surface area contributed by atoms with Crippen LogP contribution in [0.4, 0.5) is 0 Å². The molecule has 0 saturated heterocycles. The van der Waals surface area contributed by atoms with E-state index in [4.69, 9.17) is 11.6 Å². The van der Waals surface area contributed by atoms with E-state index in [-0.39, 0.29) is 0 Å². The summed E-state index contributed by atoms with van der Waals surface area (Å²) >= 11 is 8.14. The first-order valence-electron chi connectivity index (χ1n) is 5.91. The maximum atomic E-state index is 6.17. The maximum Gasteiger partial charge on any atom is 0.0438 e. The normalized spacial score (nSPS) is 13.8. The number of nitrogens with one attached hydrogen (secondary N) is 1. The summed E-state index contributed by atoms with van der Waals surface area (Å²) in [6.07, 6.45) is 0. The molecule has 1 nitrogen and oxygen atoms in total. The molecule has 1 atom stereocenters. The molecule has 17 heavy (non-hydrogen) atoms. The number of hydrogen-bond acceptors (Lipinski definition) is 2. The molecule has 1 aromatic carbocycles. The van der Waals surface area contributed by atoms with Gasteiger partial charge in [-0.15, -0.1) is 0 Å². The van der Waals surface area contributed by atoms with Gasteiger partial charge in [0.05, 0.1) is 0 Å². The lowest BCUT2D eigenvalue weighted by molar-refractivity contribution is 0.656. The monoisotopic (exact) mass is 271 g/mol. The van der Waals surface area contributed by atoms with Crippen LogP contribution in [0.15, 0.2) is 18.2 Å². The van der Waals surface area contributed by atoms with Crippen molar-refractivity contribution in [2.75, 3.05) is 12.8 Å². The van der Waals surface area contributed by atoms with Gasteiger partial charge in [-0.05, 0) is 31.2 Å². The van der Waals surface area contributed by atoms with Crippen LogP contribution >= 0.6 is 23.4 Å². The van der Waals surface area contributed by atoms with Crippen LogP contribution in [0.1, 0.15) is 37.9 Å². The second-order valence-electron chi connectivity index (χ2n) is 5.27. The number of benzene rings is 1. The van der Waals surface area contributed by atoms with Crippen LogP contribution in [-0.4, -0.2) is 17.5 Å². The molecule has 1 unspecified atom stereocenters. The number of hydrogen-bond donors (Lipinski definition) is 1. The van der Waals surface area contributed by atoms with Crippen molar-refractivity contribution in [2.45, 2.75) is 38.5 Å². The molecule has 0 spiro atoms. The molecule has 0 aliphatic rings. The third-order valence-corrected chi connectivity index (χ3v) is 4.40. The fraction of sp³-hybridized carbons (Fsp3) is 0.571. The second-order valence-corrected chi connectivity index (χ2v) is 7.53. The molecule has 0 aliphatic carbocycles. The SMILES string of the molecule is CNC(CSC(C)(C)C)c1ccc(C)c(Cl)c1. The molecule has 1 rings (SSSR count). The maximum absolute atomic E-state index is 6.17. The fourth-order valence-corrected chi connectivity index (χ4v) is 2.72. The Hall–Kier alpha value is -0.180. The van der Waals surface area contributed by atoms with E-state index < -0.39 is 0 Å². The van der Waals surface area contributed by atoms with Crippen molar-refractivity contribution in [3.05, 3.63) is 34.3 Å². The lowest BCUT2D eigenvalue weighted by Crippen LogP contribution is -2.21. The highest BCUT2D eigenvalue weighted by atomic mass is 35.5. The summed E-state index contributed by atoms with van der Waals surface area (Å²) in [6.45, 7) is 8.76. The van der Waals surface area contributed by atoms with Gasteiger partial charge >= 0.3 is 0 Å². The number of aryl methyl sites for hydroxylation is 1. The highest BCUT2D eigenvalue weighted by Crippen LogP contribution is 2.29. The third-order valence-electron chi connectivity index (χ3n) is 2.63. The molecule has 0 bridgehead atoms. The number of rotatable bonds is 4. The average molecular weight is 272 g/mol. The lowest BCUT2D eigenvalue weighted by Gasteiger charge is -2.23. The minimum Gasteiger partial charge on any atom is -0.312 e. The van der Waals surface area contributed by atoms with E-state index in [1.807, 2.05) is 25.7 Å². The Balaban J connectivity index is 2.76. The minimum absolute atomic E-state index is 0.295. The van der Waals surface area contributed by atoms with Crippen molar-refractivity contribution in [3.8, 4) is 0 Å². The first-order chi connectivity index (χ1) is 7.83. The van der Waals surface area contributed by atoms with Crippen molar-refractivity contribution in [3.63, 3.8) is 0 Å². The summed E-state index contributed by atoms with van der Waals surface area (Å²) in [5.41, 5.74) is 2.40. The van der Waals surface area contributed by atoms with Crippen LogP contribution in [0.5, 0.6) is 0 Å². The third kappa shape index (κ3) is 4.90. The van der Waals surface area contributed by atoms with Crippen LogP contribution in [0, 0.1) is 6.92 Å². The molecule has 0 saturated carbocycles. The quantitative estimate of drug-likeness (QED) is 0.869. The zero-order valence-corrected chi connectivity index (χ0v) is 12.9. The zero-order valence-electron chi connectivity index (χ0n) is 11.3. The van der Waals surface area contributed by atoms with Gasteiger partial charge < -0.3 is 5.32 Å². The Labute approximate surface area is 114 Å². The molecule has 0 aromatic heterocycles. The van der Waals surface area contributed by atoms with Gasteiger partial charge in [0, 0.05) is 21.6 Å². The summed E-state index contributed by atoms with van der Waals surface area (Å²) in [7, 11) is 2.00. The zero-order chi connectivity index (χ0) is 13.1. The molecule has 0 fully saturated rings. The minimum atomic E-state index is 0.295. The molecule has 1 N–H and O–H groups in total. The number of halogens is 1. The van der Waals surface area contributed by atoms with Gasteiger partial charge in [-0.1, -0.05) is 44.5 Å². The Morgan fingerprint density at radius 3 is 2.47 bits per heavy atom. The van der Waals surface area contributed by atoms with Gasteiger partial charge in [-0.3, -0.25) is 0 Å². The van der Waals surface area contributed by atoms with Gasteiger partial charge in [0.25, 0.3) is 0 Å². The Bertz CT molecular complexity index is 371. The molecule has 0 heterocycles. The summed E-state index contributed by atoms with van der Waals surface area (Å²) < 4.78 is 0.295. The predicted molar refractivity (Wildman–Crippen MR) is 80.2 cm³/mol. The van der Waals surface area contributed by atoms with E-state index in [2.05, 4.69) is 44.3 Å². The molecular weight excluding hydrogens is 250 g/mol. The molecule has 0 amide bonds. The van der Waals surface area contributed by atoms with E-state index in [1.165, 1.54) is 5.56 Å². The van der Waals surface area contributed by atoms with Gasteiger partial charge in [0.2, 0.25) is 0 Å². The smallest absolute Gasteiger partial charge is 0.0438 e. The van der Waals surface area contributed by atoms with E-state index in [0.29, 0.717) is 10.8 Å². The summed E-state index contributed by atoms with van der Waals surface area (Å²) in [5, 5.41) is 4.21. The molecular formula is C14H22ClNS. The van der Waals surface area contributed by atoms with Gasteiger partial charge in [0.15, 0.2) is 0 Å². The fourth-order valence-electron chi connectivity index (χ4n) is 1.51. The van der Waals surface area contributed by atoms with Gasteiger partial charge in [-0.25, -0.2) is 0 Å². The van der Waals surface area contributed by atoms with E-state index in [1.54, 1.807) is 0 Å². The molecule has 96 valence electrons. The van der Waals surface area contributed by atoms with E-state index in [9.17, 15) is 0 Å². The second kappa shape index (κ2) is 6.12. The van der Waals surface area contributed by atoms with Crippen LogP contribution in [0.2, 0.25) is 5.02 Å². The van der Waals surface area contributed by atoms with Crippen molar-refractivity contribution in [2.24, 2.45) is 0 Å². The lowest BCUT2D eigenvalue weighted by atomic mass is 10.1. The van der Waals surface area contributed by atoms with E-state index >= 15 is 0 Å². The topological polar surface area (TPSA) is 12.0 Å². The highest BCUT2D eigenvalue weighted by molar-refractivity contribution is 8.00. The molecule has 1 aromatic rings. The van der Waals surface area contributed by atoms with Crippen molar-refractivity contribution in [1.29, 1.82) is 0 Å². The average Bonchev–Trinajstić information content (AvgIpc) is 2.22. The largest absolute Gasteiger partial charge is 0.312 e. The van der Waals surface area contributed by atoms with Crippen molar-refractivity contribution in [1.82, 2.24) is 5.32 Å². The van der Waals surface area contributed by atoms with E-state index in [0.717, 1.165) is 16.3 Å². The van der Waals surface area contributed by atoms with Gasteiger partial charge in [-0.2, -0.15) is 11.8 Å². The highest BCUT2D eigenvalue weighted by Gasteiger charge is 2.16. The summed E-state index contributed by atoms with van der Waals surface area (Å²) in [6, 6.07) is 6.67. The standard InChI is InChI=1S/C14H22ClNS/c1-10-6-7-11(8-12(10)15)13(16-5)9-17-14(2,3)4/h6-8,13,16H,9H2,1-5H3. The van der Waals surface area contributed by atoms with Gasteiger partial charge in [0.1, 0.15) is 0 Å². The van der Waals surface area contributed by atoms with Crippen LogP contribution in [0.3, 0.4) is 0 Å². The van der Waals surface area contributed by atoms with Crippen LogP contribution in [0.25, 0.3) is 0 Å². The van der Waals surface area contributed by atoms with Crippen molar-refractivity contribution >= 4 is 23.4 Å². The first-order valence-corrected chi connectivity index (χ1v) is 7.27. The Morgan fingerprint density at radius 1 is 1.35 bits per heavy atom. The predicted octanol–water partition coefficient (Wildman–Crippen LogP) is 4.44. The summed E-state index contributed by atoms with van der Waals surface area (Å²) in [4.78, 5) is 0. The van der Waals surface area contributed by atoms with Crippen molar-refractivity contribution < 1.29 is 0 Å². The Kier molecular flexibility index (Phi) is 5.36. The van der Waals surface area contributed by atoms with Crippen LogP contribution < -0.4 is 5.32 Å². The molecule has 0 aliphatic heterocycles. The van der Waals surface area contributed by atoms with Crippen LogP contribution in [-0.2, 0) is 0 Å². The molecule has 0 radical (unpaired) electrons. The number of thioether (sulfide) groups is 1. The summed E-state index contributed by atoms with van der Waals surface area (Å²) in [5.74, 6) is 1.05.